The van der Waals surface area contributed by atoms with Crippen molar-refractivity contribution in [2.24, 2.45) is 0 Å². The highest BCUT2D eigenvalue weighted by Crippen LogP contribution is 1.97. The van der Waals surface area contributed by atoms with Crippen molar-refractivity contribution < 1.29 is 34.1 Å². The smallest absolute Gasteiger partial charge is 0.326 e. The maximum atomic E-state index is 12.0. The van der Waals surface area contributed by atoms with Crippen LogP contribution in [0.1, 0.15) is 13.3 Å². The van der Waals surface area contributed by atoms with E-state index >= 15 is 0 Å². The molecule has 0 aliphatic heterocycles. The number of esters is 1. The number of methoxy groups -OCH3 is 1. The molecule has 21 heavy (non-hydrogen) atoms. The highest BCUT2D eigenvalue weighted by atomic mass is 16.5. The van der Waals surface area contributed by atoms with Crippen LogP contribution in [0.3, 0.4) is 0 Å². The van der Waals surface area contributed by atoms with E-state index in [-0.39, 0.29) is 39.3 Å². The fourth-order valence-electron chi connectivity index (χ4n) is 1.44. The van der Waals surface area contributed by atoms with Gasteiger partial charge in [0.1, 0.15) is 12.6 Å². The highest BCUT2D eigenvalue weighted by molar-refractivity contribution is 5.85. The highest BCUT2D eigenvalue weighted by Gasteiger charge is 2.24. The second kappa shape index (κ2) is 10.9. The summed E-state index contributed by atoms with van der Waals surface area (Å²) in [7, 11) is 1.44. The molecule has 9 heteroatoms. The van der Waals surface area contributed by atoms with Crippen LogP contribution in [-0.4, -0.2) is 79.1 Å². The molecule has 0 fully saturated rings. The molecular formula is C12H22N2O7. The largest absolute Gasteiger partial charge is 0.480 e. The summed E-state index contributed by atoms with van der Waals surface area (Å²) in [5.74, 6) is -1.86. The maximum Gasteiger partial charge on any atom is 0.326 e. The quantitative estimate of drug-likeness (QED) is 0.444. The third-order valence-corrected chi connectivity index (χ3v) is 2.49. The zero-order chi connectivity index (χ0) is 16.3. The van der Waals surface area contributed by atoms with Gasteiger partial charge in [0, 0.05) is 26.7 Å². The fourth-order valence-corrected chi connectivity index (χ4v) is 1.44. The first kappa shape index (κ1) is 19.1. The number of carboxylic acids is 1. The van der Waals surface area contributed by atoms with Gasteiger partial charge in [-0.25, -0.2) is 9.59 Å². The molecule has 0 spiro atoms. The van der Waals surface area contributed by atoms with Crippen LogP contribution in [0.5, 0.6) is 0 Å². The van der Waals surface area contributed by atoms with Gasteiger partial charge in [0.2, 0.25) is 0 Å². The van der Waals surface area contributed by atoms with Crippen LogP contribution in [0.15, 0.2) is 0 Å². The maximum absolute atomic E-state index is 12.0. The van der Waals surface area contributed by atoms with E-state index in [0.717, 1.165) is 4.90 Å². The number of carbonyl (C=O) groups excluding carboxylic acids is 2. The van der Waals surface area contributed by atoms with Crippen LogP contribution < -0.4 is 5.32 Å². The van der Waals surface area contributed by atoms with Crippen LogP contribution in [-0.2, 0) is 19.1 Å². The first-order valence-corrected chi connectivity index (χ1v) is 6.49. The summed E-state index contributed by atoms with van der Waals surface area (Å²) in [6.45, 7) is 1.42. The van der Waals surface area contributed by atoms with Crippen molar-refractivity contribution in [2.75, 3.05) is 40.0 Å². The predicted octanol–water partition coefficient (Wildman–Crippen LogP) is -0.957. The molecule has 3 N–H and O–H groups in total. The zero-order valence-electron chi connectivity index (χ0n) is 12.2. The lowest BCUT2D eigenvalue weighted by molar-refractivity contribution is -0.143. The van der Waals surface area contributed by atoms with E-state index in [1.54, 1.807) is 6.92 Å². The molecule has 0 aromatic heterocycles. The van der Waals surface area contributed by atoms with E-state index in [9.17, 15) is 14.4 Å². The van der Waals surface area contributed by atoms with Gasteiger partial charge in [-0.15, -0.1) is 0 Å². The second-order valence-corrected chi connectivity index (χ2v) is 4.07. The first-order valence-electron chi connectivity index (χ1n) is 6.49. The Kier molecular flexibility index (Phi) is 9.90. The number of ether oxygens (including phenoxy) is 2. The third-order valence-electron chi connectivity index (χ3n) is 2.49. The molecule has 0 aromatic carbocycles. The minimum absolute atomic E-state index is 0.104. The summed E-state index contributed by atoms with van der Waals surface area (Å²) in [4.78, 5) is 35.4. The molecule has 1 atom stereocenters. The number of amides is 2. The van der Waals surface area contributed by atoms with Crippen molar-refractivity contribution in [3.8, 4) is 0 Å². The Morgan fingerprint density at radius 1 is 1.33 bits per heavy atom. The lowest BCUT2D eigenvalue weighted by atomic mass is 10.2. The molecule has 0 heterocycles. The van der Waals surface area contributed by atoms with Crippen molar-refractivity contribution in [1.29, 1.82) is 0 Å². The first-order chi connectivity index (χ1) is 9.96. The Hall–Kier alpha value is -1.87. The van der Waals surface area contributed by atoms with Gasteiger partial charge in [-0.2, -0.15) is 0 Å². The molecule has 0 saturated carbocycles. The summed E-state index contributed by atoms with van der Waals surface area (Å²) in [5.41, 5.74) is 0. The van der Waals surface area contributed by atoms with Gasteiger partial charge < -0.3 is 29.9 Å². The van der Waals surface area contributed by atoms with Crippen LogP contribution in [0.2, 0.25) is 0 Å². The molecule has 2 amide bonds. The second-order valence-electron chi connectivity index (χ2n) is 4.07. The number of carboxylic acid groups (broad SMARTS) is 1. The SMILES string of the molecule is CCOC(=O)CN(CCOC)C(=O)N[C@@H](CCO)C(=O)O. The van der Waals surface area contributed by atoms with Crippen LogP contribution in [0.25, 0.3) is 0 Å². The lowest BCUT2D eigenvalue weighted by Crippen LogP contribution is -2.50. The standard InChI is InChI=1S/C12H22N2O7/c1-3-21-10(16)8-14(5-7-20-2)12(19)13-9(4-6-15)11(17)18/h9,15H,3-8H2,1-2H3,(H,13,19)(H,17,18)/t9-/m0/s1. The average Bonchev–Trinajstić information content (AvgIpc) is 2.42. The van der Waals surface area contributed by atoms with E-state index in [0.29, 0.717) is 0 Å². The van der Waals surface area contributed by atoms with Crippen molar-refractivity contribution in [3.63, 3.8) is 0 Å². The number of nitrogens with one attached hydrogen (secondary N) is 1. The molecule has 9 nitrogen and oxygen atoms in total. The van der Waals surface area contributed by atoms with Crippen molar-refractivity contribution in [2.45, 2.75) is 19.4 Å². The monoisotopic (exact) mass is 306 g/mol. The molecule has 0 bridgehead atoms. The van der Waals surface area contributed by atoms with E-state index in [4.69, 9.17) is 19.7 Å². The molecule has 0 saturated heterocycles. The van der Waals surface area contributed by atoms with E-state index in [1.807, 2.05) is 0 Å². The summed E-state index contributed by atoms with van der Waals surface area (Å²) >= 11 is 0. The number of aliphatic carboxylic acids is 1. The topological polar surface area (TPSA) is 125 Å². The number of aliphatic hydroxyl groups is 1. The Bertz CT molecular complexity index is 348. The Morgan fingerprint density at radius 2 is 2.00 bits per heavy atom. The normalized spacial score (nSPS) is 11.6. The number of aliphatic hydroxyl groups excluding tert-OH is 1. The van der Waals surface area contributed by atoms with Crippen molar-refractivity contribution >= 4 is 18.0 Å². The van der Waals surface area contributed by atoms with Gasteiger partial charge >= 0.3 is 18.0 Å². The molecule has 122 valence electrons. The number of carbonyl (C=O) groups is 3. The Labute approximate surface area is 122 Å². The number of hydrogen-bond donors (Lipinski definition) is 3. The van der Waals surface area contributed by atoms with Gasteiger partial charge in [0.05, 0.1) is 13.2 Å². The summed E-state index contributed by atoms with van der Waals surface area (Å²) in [5, 5.41) is 19.9. The molecule has 0 aliphatic carbocycles. The summed E-state index contributed by atoms with van der Waals surface area (Å²) < 4.78 is 9.58. The van der Waals surface area contributed by atoms with Gasteiger partial charge in [0.15, 0.2) is 0 Å². The van der Waals surface area contributed by atoms with Gasteiger partial charge in [-0.3, -0.25) is 4.79 Å². The summed E-state index contributed by atoms with van der Waals surface area (Å²) in [6, 6.07) is -1.96. The number of urea groups is 1. The predicted molar refractivity (Wildman–Crippen MR) is 71.7 cm³/mol. The van der Waals surface area contributed by atoms with Gasteiger partial charge in [-0.1, -0.05) is 0 Å². The molecule has 0 aliphatic rings. The van der Waals surface area contributed by atoms with E-state index in [1.165, 1.54) is 7.11 Å². The summed E-state index contributed by atoms with van der Waals surface area (Å²) in [6.07, 6.45) is -0.126. The molecule has 0 rings (SSSR count). The minimum Gasteiger partial charge on any atom is -0.480 e. The number of hydrogen-bond acceptors (Lipinski definition) is 6. The van der Waals surface area contributed by atoms with E-state index in [2.05, 4.69) is 5.32 Å². The van der Waals surface area contributed by atoms with Crippen LogP contribution in [0, 0.1) is 0 Å². The lowest BCUT2D eigenvalue weighted by Gasteiger charge is -2.24. The van der Waals surface area contributed by atoms with Crippen molar-refractivity contribution in [3.05, 3.63) is 0 Å². The average molecular weight is 306 g/mol. The molecule has 0 unspecified atom stereocenters. The van der Waals surface area contributed by atoms with Gasteiger partial charge in [0.25, 0.3) is 0 Å². The Morgan fingerprint density at radius 3 is 2.48 bits per heavy atom. The van der Waals surface area contributed by atoms with Crippen LogP contribution >= 0.6 is 0 Å². The number of rotatable bonds is 10. The third kappa shape index (κ3) is 8.10. The molecular weight excluding hydrogens is 284 g/mol. The number of nitrogens with zero attached hydrogens (tertiary/aromatic N) is 1. The molecule has 0 radical (unpaired) electrons. The van der Waals surface area contributed by atoms with E-state index < -0.39 is 24.0 Å². The molecule has 0 aromatic rings. The Balaban J connectivity index is 4.67. The zero-order valence-corrected chi connectivity index (χ0v) is 12.2. The van der Waals surface area contributed by atoms with Crippen LogP contribution in [0.4, 0.5) is 4.79 Å². The van der Waals surface area contributed by atoms with Crippen molar-refractivity contribution in [1.82, 2.24) is 10.2 Å². The van der Waals surface area contributed by atoms with Gasteiger partial charge in [-0.05, 0) is 6.92 Å². The fraction of sp³-hybridized carbons (Fsp3) is 0.750. The minimum atomic E-state index is -1.26.